The Morgan fingerprint density at radius 3 is 2.58 bits per heavy atom. The summed E-state index contributed by atoms with van der Waals surface area (Å²) in [6, 6.07) is 8.10. The minimum atomic E-state index is -0.894. The molecule has 1 aliphatic carbocycles. The fourth-order valence-electron chi connectivity index (χ4n) is 4.44. The number of rotatable bonds is 5. The normalized spacial score (nSPS) is 18.0. The van der Waals surface area contributed by atoms with Crippen molar-refractivity contribution in [2.75, 3.05) is 19.5 Å². The first kappa shape index (κ1) is 22.5. The van der Waals surface area contributed by atoms with Gasteiger partial charge in [0.25, 0.3) is 5.91 Å². The Kier molecular flexibility index (Phi) is 6.18. The van der Waals surface area contributed by atoms with E-state index in [9.17, 15) is 18.4 Å². The minimum absolute atomic E-state index is 0.0654. The van der Waals surface area contributed by atoms with E-state index in [1.54, 1.807) is 25.1 Å². The number of hydrogen-bond donors (Lipinski definition) is 2. The van der Waals surface area contributed by atoms with Crippen LogP contribution in [0.5, 0.6) is 11.5 Å². The zero-order valence-corrected chi connectivity index (χ0v) is 18.6. The SMILES string of the molecule is COc1ccc(OC)c(C2C(C(=O)Nc3ccc(F)cc3F)=C(C)NC3=C2C(=O)CCC3)c1. The molecule has 0 aromatic heterocycles. The Hall–Kier alpha value is -3.68. The molecule has 1 atom stereocenters. The molecule has 2 N–H and O–H groups in total. The first-order valence-corrected chi connectivity index (χ1v) is 10.6. The lowest BCUT2D eigenvalue weighted by Crippen LogP contribution is -2.35. The summed E-state index contributed by atoms with van der Waals surface area (Å²) in [6.07, 6.45) is 1.74. The number of benzene rings is 2. The van der Waals surface area contributed by atoms with Crippen LogP contribution in [0.15, 0.2) is 58.9 Å². The maximum atomic E-state index is 14.3. The molecule has 1 heterocycles. The van der Waals surface area contributed by atoms with Gasteiger partial charge in [0.1, 0.15) is 23.1 Å². The van der Waals surface area contributed by atoms with Crippen molar-refractivity contribution in [3.63, 3.8) is 0 Å². The number of hydrogen-bond acceptors (Lipinski definition) is 5. The number of ketones is 1. The lowest BCUT2D eigenvalue weighted by Gasteiger charge is -2.35. The summed E-state index contributed by atoms with van der Waals surface area (Å²) >= 11 is 0. The highest BCUT2D eigenvalue weighted by Gasteiger charge is 2.40. The van der Waals surface area contributed by atoms with Crippen molar-refractivity contribution < 1.29 is 27.8 Å². The van der Waals surface area contributed by atoms with Crippen molar-refractivity contribution >= 4 is 17.4 Å². The third-order valence-corrected chi connectivity index (χ3v) is 5.95. The summed E-state index contributed by atoms with van der Waals surface area (Å²) in [5, 5.41) is 5.74. The topological polar surface area (TPSA) is 76.7 Å². The number of nitrogens with one attached hydrogen (secondary N) is 2. The molecule has 172 valence electrons. The van der Waals surface area contributed by atoms with Gasteiger partial charge < -0.3 is 20.1 Å². The molecule has 0 spiro atoms. The van der Waals surface area contributed by atoms with Crippen LogP contribution in [0.25, 0.3) is 0 Å². The molecule has 1 unspecified atom stereocenters. The zero-order chi connectivity index (χ0) is 23.7. The van der Waals surface area contributed by atoms with Crippen LogP contribution in [0, 0.1) is 11.6 Å². The fourth-order valence-corrected chi connectivity index (χ4v) is 4.44. The lowest BCUT2D eigenvalue weighted by atomic mass is 9.74. The molecule has 6 nitrogen and oxygen atoms in total. The van der Waals surface area contributed by atoms with Gasteiger partial charge in [0.05, 0.1) is 25.8 Å². The van der Waals surface area contributed by atoms with Gasteiger partial charge in [0, 0.05) is 40.6 Å². The third-order valence-electron chi connectivity index (χ3n) is 5.95. The van der Waals surface area contributed by atoms with Crippen LogP contribution in [0.4, 0.5) is 14.5 Å². The predicted molar refractivity (Wildman–Crippen MR) is 119 cm³/mol. The summed E-state index contributed by atoms with van der Waals surface area (Å²) in [7, 11) is 3.03. The van der Waals surface area contributed by atoms with Crippen molar-refractivity contribution in [3.05, 3.63) is 76.1 Å². The molecule has 0 saturated heterocycles. The highest BCUT2D eigenvalue weighted by atomic mass is 19.1. The number of anilines is 1. The molecule has 8 heteroatoms. The lowest BCUT2D eigenvalue weighted by molar-refractivity contribution is -0.116. The molecule has 2 aromatic rings. The molecule has 4 rings (SSSR count). The van der Waals surface area contributed by atoms with Crippen molar-refractivity contribution in [2.24, 2.45) is 0 Å². The van der Waals surface area contributed by atoms with Crippen LogP contribution in [0.3, 0.4) is 0 Å². The maximum Gasteiger partial charge on any atom is 0.254 e. The molecule has 2 aromatic carbocycles. The van der Waals surface area contributed by atoms with Crippen molar-refractivity contribution in [3.8, 4) is 11.5 Å². The first-order chi connectivity index (χ1) is 15.8. The molecule has 33 heavy (non-hydrogen) atoms. The summed E-state index contributed by atoms with van der Waals surface area (Å²) in [5.74, 6) is -2.04. The Balaban J connectivity index is 1.86. The van der Waals surface area contributed by atoms with E-state index in [4.69, 9.17) is 9.47 Å². The average Bonchev–Trinajstić information content (AvgIpc) is 2.79. The van der Waals surface area contributed by atoms with Crippen LogP contribution in [-0.2, 0) is 9.59 Å². The van der Waals surface area contributed by atoms with E-state index in [0.29, 0.717) is 53.7 Å². The van der Waals surface area contributed by atoms with Gasteiger partial charge in [0.15, 0.2) is 5.78 Å². The van der Waals surface area contributed by atoms with E-state index >= 15 is 0 Å². The second-order valence-electron chi connectivity index (χ2n) is 7.95. The number of amides is 1. The summed E-state index contributed by atoms with van der Waals surface area (Å²) in [4.78, 5) is 26.5. The number of dihydropyridines is 1. The molecule has 0 saturated carbocycles. The van der Waals surface area contributed by atoms with Crippen LogP contribution in [-0.4, -0.2) is 25.9 Å². The van der Waals surface area contributed by atoms with Crippen molar-refractivity contribution in [1.82, 2.24) is 5.32 Å². The van der Waals surface area contributed by atoms with Gasteiger partial charge in [-0.15, -0.1) is 0 Å². The van der Waals surface area contributed by atoms with E-state index in [1.807, 2.05) is 0 Å². The molecular formula is C25H24F2N2O4. The van der Waals surface area contributed by atoms with Crippen molar-refractivity contribution in [2.45, 2.75) is 32.1 Å². The van der Waals surface area contributed by atoms with Gasteiger partial charge in [-0.05, 0) is 50.1 Å². The van der Waals surface area contributed by atoms with Gasteiger partial charge in [-0.1, -0.05) is 0 Å². The van der Waals surface area contributed by atoms with E-state index in [0.717, 1.165) is 17.8 Å². The van der Waals surface area contributed by atoms with Crippen LogP contribution in [0.1, 0.15) is 37.7 Å². The number of carbonyl (C=O) groups excluding carboxylic acids is 2. The quantitative estimate of drug-likeness (QED) is 0.691. The molecule has 0 bridgehead atoms. The Morgan fingerprint density at radius 1 is 1.09 bits per heavy atom. The van der Waals surface area contributed by atoms with Gasteiger partial charge in [-0.3, -0.25) is 9.59 Å². The zero-order valence-electron chi connectivity index (χ0n) is 18.6. The molecule has 2 aliphatic rings. The van der Waals surface area contributed by atoms with E-state index in [-0.39, 0.29) is 17.0 Å². The maximum absolute atomic E-state index is 14.3. The highest BCUT2D eigenvalue weighted by molar-refractivity contribution is 6.10. The van der Waals surface area contributed by atoms with E-state index in [1.165, 1.54) is 14.2 Å². The highest BCUT2D eigenvalue weighted by Crippen LogP contribution is 2.46. The second-order valence-corrected chi connectivity index (χ2v) is 7.95. The van der Waals surface area contributed by atoms with E-state index in [2.05, 4.69) is 10.6 Å². The smallest absolute Gasteiger partial charge is 0.254 e. The molecule has 1 amide bonds. The molecule has 1 aliphatic heterocycles. The van der Waals surface area contributed by atoms with Gasteiger partial charge in [0.2, 0.25) is 0 Å². The first-order valence-electron chi connectivity index (χ1n) is 10.6. The standard InChI is InChI=1S/C25H24F2N2O4/c1-13-22(25(31)29-18-9-7-14(26)11-17(18)27)23(24-19(28-13)5-4-6-20(24)30)16-12-15(32-2)8-10-21(16)33-3/h7-12,23,28H,4-6H2,1-3H3,(H,29,31). The monoisotopic (exact) mass is 454 g/mol. The Bertz CT molecular complexity index is 1200. The van der Waals surface area contributed by atoms with Gasteiger partial charge in [-0.2, -0.15) is 0 Å². The molecule has 0 fully saturated rings. The van der Waals surface area contributed by atoms with E-state index < -0.39 is 23.5 Å². The predicted octanol–water partition coefficient (Wildman–Crippen LogP) is 4.59. The third kappa shape index (κ3) is 4.20. The summed E-state index contributed by atoms with van der Waals surface area (Å²) in [6.45, 7) is 1.73. The Labute approximate surface area is 190 Å². The minimum Gasteiger partial charge on any atom is -0.497 e. The number of halogens is 2. The number of ether oxygens (including phenoxy) is 2. The summed E-state index contributed by atoms with van der Waals surface area (Å²) in [5.41, 5.74) is 2.47. The number of carbonyl (C=O) groups is 2. The number of Topliss-reactive ketones (excluding diaryl/α,β-unsaturated/α-hetero) is 1. The number of allylic oxidation sites excluding steroid dienone is 3. The fraction of sp³-hybridized carbons (Fsp3) is 0.280. The Morgan fingerprint density at radius 2 is 1.88 bits per heavy atom. The average molecular weight is 454 g/mol. The number of methoxy groups -OCH3 is 2. The van der Waals surface area contributed by atoms with Crippen LogP contribution < -0.4 is 20.1 Å². The van der Waals surface area contributed by atoms with Gasteiger partial charge in [-0.25, -0.2) is 8.78 Å². The van der Waals surface area contributed by atoms with Gasteiger partial charge >= 0.3 is 0 Å². The molecule has 0 radical (unpaired) electrons. The van der Waals surface area contributed by atoms with Crippen molar-refractivity contribution in [1.29, 1.82) is 0 Å². The second kappa shape index (κ2) is 9.05. The van der Waals surface area contributed by atoms with Crippen LogP contribution >= 0.6 is 0 Å². The summed E-state index contributed by atoms with van der Waals surface area (Å²) < 4.78 is 38.5. The van der Waals surface area contributed by atoms with Crippen LogP contribution in [0.2, 0.25) is 0 Å². The largest absolute Gasteiger partial charge is 0.497 e. The molecular weight excluding hydrogens is 430 g/mol.